The maximum atomic E-state index is 9.51. The van der Waals surface area contributed by atoms with Crippen LogP contribution < -0.4 is 0 Å². The van der Waals surface area contributed by atoms with Crippen LogP contribution in [0.4, 0.5) is 0 Å². The van der Waals surface area contributed by atoms with E-state index in [0.717, 1.165) is 6.42 Å². The Kier molecular flexibility index (Phi) is 8.52. The summed E-state index contributed by atoms with van der Waals surface area (Å²) in [6, 6.07) is 0. The quantitative estimate of drug-likeness (QED) is 0.590. The Balaban J connectivity index is 5.13. The molecule has 128 valence electrons. The van der Waals surface area contributed by atoms with E-state index in [9.17, 15) is 5.11 Å². The van der Waals surface area contributed by atoms with Crippen molar-refractivity contribution in [2.75, 3.05) is 13.2 Å². The molecule has 0 aliphatic heterocycles. The lowest BCUT2D eigenvalue weighted by molar-refractivity contribution is -0.0163. The van der Waals surface area contributed by atoms with Crippen LogP contribution in [0.15, 0.2) is 0 Å². The van der Waals surface area contributed by atoms with Crippen LogP contribution >= 0.6 is 0 Å². The molecule has 0 aromatic heterocycles. The number of ether oxygens (including phenoxy) is 1. The molecule has 0 amide bonds. The molecule has 0 saturated heterocycles. The number of hydrogen-bond donors (Lipinski definition) is 2. The van der Waals surface area contributed by atoms with Crippen LogP contribution in [0.3, 0.4) is 0 Å². The van der Waals surface area contributed by atoms with Gasteiger partial charge in [0.05, 0.1) is 18.9 Å². The van der Waals surface area contributed by atoms with Gasteiger partial charge in [-0.1, -0.05) is 6.92 Å². The fourth-order valence-electron chi connectivity index (χ4n) is 2.29. The van der Waals surface area contributed by atoms with E-state index < -0.39 is 31.3 Å². The Bertz CT molecular complexity index is 285. The minimum atomic E-state index is -2.52. The topological polar surface area (TPSA) is 68.2 Å². The van der Waals surface area contributed by atoms with Gasteiger partial charge in [0.2, 0.25) is 0 Å². The van der Waals surface area contributed by atoms with E-state index in [1.807, 2.05) is 6.92 Å². The van der Waals surface area contributed by atoms with E-state index in [0.29, 0.717) is 0 Å². The summed E-state index contributed by atoms with van der Waals surface area (Å²) in [5, 5.41) is 18.4. The maximum absolute atomic E-state index is 9.51. The van der Waals surface area contributed by atoms with Gasteiger partial charge in [0.15, 0.2) is 16.6 Å². The molecule has 0 fully saturated rings. The van der Waals surface area contributed by atoms with Crippen molar-refractivity contribution in [2.24, 2.45) is 0 Å². The summed E-state index contributed by atoms with van der Waals surface area (Å²) in [5.41, 5.74) is -0.142. The van der Waals surface area contributed by atoms with Crippen LogP contribution in [0, 0.1) is 0 Å². The molecule has 0 aromatic carbocycles. The van der Waals surface area contributed by atoms with E-state index in [4.69, 9.17) is 18.1 Å². The number of aliphatic hydroxyl groups excluding tert-OH is 2. The lowest BCUT2D eigenvalue weighted by Gasteiger charge is -2.42. The van der Waals surface area contributed by atoms with Gasteiger partial charge in [0.25, 0.3) is 0 Å². The van der Waals surface area contributed by atoms with E-state index in [1.165, 1.54) is 0 Å². The van der Waals surface area contributed by atoms with Gasteiger partial charge < -0.3 is 23.2 Å². The fraction of sp³-hybridized carbons (Fsp3) is 1.00. The number of rotatable bonds is 10. The van der Waals surface area contributed by atoms with Crippen LogP contribution in [0.25, 0.3) is 0 Å². The Morgan fingerprint density at radius 1 is 0.905 bits per heavy atom. The molecule has 21 heavy (non-hydrogen) atoms. The summed E-state index contributed by atoms with van der Waals surface area (Å²) in [6.07, 6.45) is -0.0772. The summed E-state index contributed by atoms with van der Waals surface area (Å²) >= 11 is 0. The van der Waals surface area contributed by atoms with Crippen molar-refractivity contribution in [3.63, 3.8) is 0 Å². The monoisotopic (exact) mass is 354 g/mol. The zero-order valence-corrected chi connectivity index (χ0v) is 17.9. The molecular weight excluding hydrogens is 320 g/mol. The van der Waals surface area contributed by atoms with Crippen molar-refractivity contribution in [3.05, 3.63) is 0 Å². The normalized spacial score (nSPS) is 16.9. The third-order valence-corrected chi connectivity index (χ3v) is 12.6. The first-order valence-electron chi connectivity index (χ1n) is 7.64. The molecule has 0 radical (unpaired) electrons. The molecule has 0 spiro atoms. The minimum Gasteiger partial charge on any atom is -0.435 e. The standard InChI is InChI=1S/C13H34O5Si3/c1-9-13(16-11-12(15)10-14)21(8,17-19(2,3)4)18-20(5,6)7/h12-15H,9-11H2,1-8H3. The minimum absolute atomic E-state index is 0.113. The molecule has 0 heterocycles. The van der Waals surface area contributed by atoms with Crippen LogP contribution in [-0.4, -0.2) is 60.5 Å². The second-order valence-electron chi connectivity index (χ2n) is 7.51. The van der Waals surface area contributed by atoms with Crippen molar-refractivity contribution in [1.29, 1.82) is 0 Å². The highest BCUT2D eigenvalue weighted by Crippen LogP contribution is 2.27. The molecule has 0 rings (SSSR count). The van der Waals surface area contributed by atoms with Crippen molar-refractivity contribution in [2.45, 2.75) is 71.0 Å². The highest BCUT2D eigenvalue weighted by Gasteiger charge is 2.47. The molecule has 0 aliphatic carbocycles. The van der Waals surface area contributed by atoms with E-state index in [-0.39, 0.29) is 18.9 Å². The van der Waals surface area contributed by atoms with E-state index in [1.54, 1.807) is 0 Å². The lowest BCUT2D eigenvalue weighted by Crippen LogP contribution is -2.60. The molecule has 2 unspecified atom stereocenters. The van der Waals surface area contributed by atoms with Gasteiger partial charge in [0, 0.05) is 0 Å². The molecule has 0 aromatic rings. The van der Waals surface area contributed by atoms with Gasteiger partial charge in [-0.15, -0.1) is 0 Å². The highest BCUT2D eigenvalue weighted by atomic mass is 28.5. The first kappa shape index (κ1) is 21.5. The van der Waals surface area contributed by atoms with Gasteiger partial charge in [-0.3, -0.25) is 0 Å². The smallest absolute Gasteiger partial charge is 0.344 e. The summed E-state index contributed by atoms with van der Waals surface area (Å²) in [7, 11) is -6.06. The average Bonchev–Trinajstić information content (AvgIpc) is 2.23. The fourth-order valence-corrected chi connectivity index (χ4v) is 14.7. The van der Waals surface area contributed by atoms with Gasteiger partial charge in [-0.05, 0) is 52.2 Å². The van der Waals surface area contributed by atoms with Crippen LogP contribution in [0.5, 0.6) is 0 Å². The van der Waals surface area contributed by atoms with E-state index in [2.05, 4.69) is 45.8 Å². The predicted molar refractivity (Wildman–Crippen MR) is 93.6 cm³/mol. The molecule has 2 atom stereocenters. The van der Waals surface area contributed by atoms with Crippen LogP contribution in [0.2, 0.25) is 45.8 Å². The number of aliphatic hydroxyl groups is 2. The summed E-state index contributed by atoms with van der Waals surface area (Å²) in [5.74, 6) is 0. The highest BCUT2D eigenvalue weighted by molar-refractivity contribution is 6.88. The predicted octanol–water partition coefficient (Wildman–Crippen LogP) is 2.45. The van der Waals surface area contributed by atoms with Gasteiger partial charge in [0.1, 0.15) is 6.10 Å². The van der Waals surface area contributed by atoms with E-state index >= 15 is 0 Å². The number of hydrogen-bond acceptors (Lipinski definition) is 5. The molecule has 0 bridgehead atoms. The van der Waals surface area contributed by atoms with Crippen LogP contribution in [0.1, 0.15) is 13.3 Å². The second kappa shape index (κ2) is 8.34. The van der Waals surface area contributed by atoms with Gasteiger partial charge in [-0.25, -0.2) is 0 Å². The largest absolute Gasteiger partial charge is 0.435 e. The van der Waals surface area contributed by atoms with Crippen molar-refractivity contribution >= 4 is 25.2 Å². The third-order valence-electron chi connectivity index (χ3n) is 2.67. The van der Waals surface area contributed by atoms with Crippen molar-refractivity contribution < 1.29 is 23.2 Å². The summed E-state index contributed by atoms with van der Waals surface area (Å²) in [4.78, 5) is 0. The Morgan fingerprint density at radius 3 is 1.62 bits per heavy atom. The first-order chi connectivity index (χ1) is 9.33. The molecule has 0 aliphatic rings. The molecule has 5 nitrogen and oxygen atoms in total. The zero-order valence-electron chi connectivity index (χ0n) is 14.9. The first-order valence-corrected chi connectivity index (χ1v) is 16.8. The summed E-state index contributed by atoms with van der Waals surface area (Å²) < 4.78 is 18.7. The third kappa shape index (κ3) is 9.24. The Hall–Kier alpha value is 0.451. The lowest BCUT2D eigenvalue weighted by atomic mass is 10.4. The molecular formula is C13H34O5Si3. The molecule has 0 saturated carbocycles. The molecule has 2 N–H and O–H groups in total. The van der Waals surface area contributed by atoms with Crippen molar-refractivity contribution in [3.8, 4) is 0 Å². The van der Waals surface area contributed by atoms with Gasteiger partial charge >= 0.3 is 8.56 Å². The van der Waals surface area contributed by atoms with Crippen molar-refractivity contribution in [1.82, 2.24) is 0 Å². The zero-order chi connectivity index (χ0) is 16.9. The average molecular weight is 355 g/mol. The van der Waals surface area contributed by atoms with Gasteiger partial charge in [-0.2, -0.15) is 0 Å². The Labute approximate surface area is 133 Å². The Morgan fingerprint density at radius 2 is 1.33 bits per heavy atom. The SMILES string of the molecule is CCC(OCC(O)CO)[Si](C)(O[Si](C)(C)C)O[Si](C)(C)C. The summed E-state index contributed by atoms with van der Waals surface area (Å²) in [6.45, 7) is 16.9. The second-order valence-corrected chi connectivity index (χ2v) is 20.3. The van der Waals surface area contributed by atoms with Crippen LogP contribution in [-0.2, 0) is 13.0 Å². The molecule has 8 heteroatoms. The maximum Gasteiger partial charge on any atom is 0.344 e.